The molecule has 0 heterocycles. The van der Waals surface area contributed by atoms with Crippen molar-refractivity contribution in [1.29, 1.82) is 0 Å². The highest BCUT2D eigenvalue weighted by molar-refractivity contribution is 6.18. The predicted molar refractivity (Wildman–Crippen MR) is 161 cm³/mol. The molecule has 0 aliphatic carbocycles. The molecule has 0 bridgehead atoms. The zero-order valence-corrected chi connectivity index (χ0v) is 24.5. The lowest BCUT2D eigenvalue weighted by Gasteiger charge is -2.22. The molecule has 1 unspecified atom stereocenters. The summed E-state index contributed by atoms with van der Waals surface area (Å²) in [5, 5.41) is 33.8. The van der Waals surface area contributed by atoms with E-state index in [2.05, 4.69) is 60.7 Å². The number of aliphatic carboxylic acids is 3. The van der Waals surface area contributed by atoms with Crippen molar-refractivity contribution in [2.45, 2.75) is 38.0 Å². The molecule has 10 heteroatoms. The number of rotatable bonds is 13. The molecule has 0 radical (unpaired) electrons. The van der Waals surface area contributed by atoms with Crippen molar-refractivity contribution in [2.75, 3.05) is 20.0 Å². The van der Waals surface area contributed by atoms with Gasteiger partial charge in [0, 0.05) is 5.88 Å². The molecule has 9 nitrogen and oxygen atoms in total. The molecule has 4 N–H and O–H groups in total. The van der Waals surface area contributed by atoms with Gasteiger partial charge in [-0.3, -0.25) is 14.5 Å². The van der Waals surface area contributed by atoms with Crippen LogP contribution in [0.3, 0.4) is 0 Å². The van der Waals surface area contributed by atoms with Gasteiger partial charge < -0.3 is 25.2 Å². The fourth-order valence-electron chi connectivity index (χ4n) is 3.98. The van der Waals surface area contributed by atoms with E-state index in [1.165, 1.54) is 22.3 Å². The van der Waals surface area contributed by atoms with Crippen LogP contribution in [0, 0.1) is 0 Å². The zero-order valence-electron chi connectivity index (χ0n) is 23.7. The largest absolute Gasteiger partial charge is 0.481 e. The smallest absolute Gasteiger partial charge is 0.336 e. The summed E-state index contributed by atoms with van der Waals surface area (Å²) >= 11 is 6.22. The summed E-state index contributed by atoms with van der Waals surface area (Å²) < 4.78 is 6.00. The molecule has 0 saturated carbocycles. The SMILES string of the molecule is CC(Oc1ccc(C(=C(CCCl)c2ccccc2)c2ccccc2)cc1)N(C)C.O=C(O)CC(O)(CC(=O)O)C(=O)O. The van der Waals surface area contributed by atoms with Crippen LogP contribution in [-0.2, 0) is 14.4 Å². The lowest BCUT2D eigenvalue weighted by molar-refractivity contribution is -0.170. The lowest BCUT2D eigenvalue weighted by atomic mass is 9.88. The van der Waals surface area contributed by atoms with Crippen molar-refractivity contribution in [1.82, 2.24) is 4.90 Å². The maximum absolute atomic E-state index is 10.3. The normalized spacial score (nSPS) is 12.4. The van der Waals surface area contributed by atoms with Crippen molar-refractivity contribution in [3.63, 3.8) is 0 Å². The Balaban J connectivity index is 0.000000401. The van der Waals surface area contributed by atoms with Crippen molar-refractivity contribution < 1.29 is 39.5 Å². The van der Waals surface area contributed by atoms with E-state index in [9.17, 15) is 14.4 Å². The van der Waals surface area contributed by atoms with Crippen LogP contribution in [0.25, 0.3) is 11.1 Å². The number of allylic oxidation sites excluding steroid dienone is 1. The van der Waals surface area contributed by atoms with E-state index in [-0.39, 0.29) is 6.23 Å². The van der Waals surface area contributed by atoms with E-state index in [1.807, 2.05) is 50.2 Å². The molecule has 3 aromatic rings. The Labute approximate surface area is 250 Å². The molecule has 1 atom stereocenters. The average molecular weight is 598 g/mol. The summed E-state index contributed by atoms with van der Waals surface area (Å²) in [7, 11) is 4.02. The highest BCUT2D eigenvalue weighted by Crippen LogP contribution is 2.35. The number of halogens is 1. The molecule has 224 valence electrons. The van der Waals surface area contributed by atoms with Crippen LogP contribution in [0.5, 0.6) is 5.75 Å². The Morgan fingerprint density at radius 1 is 0.786 bits per heavy atom. The number of hydrogen-bond acceptors (Lipinski definition) is 6. The van der Waals surface area contributed by atoms with E-state index >= 15 is 0 Å². The quantitative estimate of drug-likeness (QED) is 0.117. The summed E-state index contributed by atoms with van der Waals surface area (Å²) in [5.41, 5.74) is 3.27. The highest BCUT2D eigenvalue weighted by atomic mass is 35.5. The second-order valence-electron chi connectivity index (χ2n) is 9.71. The minimum absolute atomic E-state index is 0.0149. The van der Waals surface area contributed by atoms with Gasteiger partial charge in [-0.25, -0.2) is 4.79 Å². The molecule has 0 amide bonds. The number of alkyl halides is 1. The number of hydrogen-bond donors (Lipinski definition) is 4. The summed E-state index contributed by atoms with van der Waals surface area (Å²) in [6, 6.07) is 29.4. The second kappa shape index (κ2) is 16.3. The fourth-order valence-corrected chi connectivity index (χ4v) is 4.17. The number of carbonyl (C=O) groups is 3. The first-order chi connectivity index (χ1) is 19.9. The molecule has 0 aliphatic heterocycles. The van der Waals surface area contributed by atoms with Crippen LogP contribution in [0.4, 0.5) is 0 Å². The molecule has 0 aliphatic rings. The molecule has 3 rings (SSSR count). The number of carboxylic acid groups (broad SMARTS) is 3. The van der Waals surface area contributed by atoms with Gasteiger partial charge in [-0.05, 0) is 67.4 Å². The number of carboxylic acids is 3. The number of nitrogens with zero attached hydrogens (tertiary/aromatic N) is 1. The molecule has 0 saturated heterocycles. The van der Waals surface area contributed by atoms with Crippen LogP contribution >= 0.6 is 11.6 Å². The van der Waals surface area contributed by atoms with Crippen molar-refractivity contribution in [3.05, 3.63) is 102 Å². The number of aliphatic hydroxyl groups is 1. The first kappa shape index (κ1) is 34.0. The summed E-state index contributed by atoms with van der Waals surface area (Å²) in [4.78, 5) is 32.5. The monoisotopic (exact) mass is 597 g/mol. The Bertz CT molecular complexity index is 1330. The van der Waals surface area contributed by atoms with Gasteiger partial charge in [0.25, 0.3) is 0 Å². The third-order valence-corrected chi connectivity index (χ3v) is 6.48. The first-order valence-electron chi connectivity index (χ1n) is 13.1. The number of benzene rings is 3. The Kier molecular flexibility index (Phi) is 13.2. The highest BCUT2D eigenvalue weighted by Gasteiger charge is 2.40. The minimum Gasteiger partial charge on any atom is -0.481 e. The van der Waals surface area contributed by atoms with E-state index in [1.54, 1.807) is 0 Å². The van der Waals surface area contributed by atoms with E-state index in [4.69, 9.17) is 36.8 Å². The Morgan fingerprint density at radius 2 is 1.24 bits per heavy atom. The van der Waals surface area contributed by atoms with Gasteiger partial charge >= 0.3 is 17.9 Å². The molecule has 3 aromatic carbocycles. The van der Waals surface area contributed by atoms with Gasteiger partial charge in [-0.1, -0.05) is 72.8 Å². The maximum Gasteiger partial charge on any atom is 0.336 e. The van der Waals surface area contributed by atoms with Crippen LogP contribution in [0.2, 0.25) is 0 Å². The van der Waals surface area contributed by atoms with Gasteiger partial charge in [-0.15, -0.1) is 11.6 Å². The molecule has 0 aromatic heterocycles. The lowest BCUT2D eigenvalue weighted by Crippen LogP contribution is -2.42. The van der Waals surface area contributed by atoms with Crippen LogP contribution in [0.15, 0.2) is 84.9 Å². The van der Waals surface area contributed by atoms with Gasteiger partial charge in [0.05, 0.1) is 12.8 Å². The van der Waals surface area contributed by atoms with Crippen LogP contribution in [0.1, 0.15) is 42.9 Å². The molecular formula is C32H36ClNO8. The average Bonchev–Trinajstić information content (AvgIpc) is 2.94. The summed E-state index contributed by atoms with van der Waals surface area (Å²) in [5.74, 6) is -3.59. The van der Waals surface area contributed by atoms with E-state index in [0.29, 0.717) is 5.88 Å². The zero-order chi connectivity index (χ0) is 31.3. The van der Waals surface area contributed by atoms with Gasteiger partial charge in [-0.2, -0.15) is 0 Å². The third kappa shape index (κ3) is 10.3. The summed E-state index contributed by atoms with van der Waals surface area (Å²) in [6.07, 6.45) is -1.48. The standard InChI is InChI=1S/C26H28ClNO.C6H8O7/c1-20(28(2)3)29-24-16-14-23(15-17-24)26(22-12-8-5-9-13-22)25(18-19-27)21-10-6-4-7-11-21;7-3(8)1-6(13,5(11)12)2-4(9)10/h4-17,20H,18-19H2,1-3H3;13H,1-2H2,(H,7,8)(H,9,10)(H,11,12). The van der Waals surface area contributed by atoms with Gasteiger partial charge in [0.1, 0.15) is 12.0 Å². The second-order valence-corrected chi connectivity index (χ2v) is 10.1. The third-order valence-electron chi connectivity index (χ3n) is 6.29. The fraction of sp³-hybridized carbons (Fsp3) is 0.281. The number of ether oxygens (including phenoxy) is 1. The minimum atomic E-state index is -2.74. The first-order valence-corrected chi connectivity index (χ1v) is 13.6. The topological polar surface area (TPSA) is 145 Å². The Morgan fingerprint density at radius 3 is 1.64 bits per heavy atom. The predicted octanol–water partition coefficient (Wildman–Crippen LogP) is 5.31. The Hall–Kier alpha value is -4.18. The van der Waals surface area contributed by atoms with Crippen molar-refractivity contribution in [3.8, 4) is 5.75 Å². The van der Waals surface area contributed by atoms with Crippen molar-refractivity contribution >= 4 is 40.7 Å². The van der Waals surface area contributed by atoms with Gasteiger partial charge in [0.15, 0.2) is 5.60 Å². The molecule has 0 fully saturated rings. The van der Waals surface area contributed by atoms with E-state index < -0.39 is 36.4 Å². The van der Waals surface area contributed by atoms with Gasteiger partial charge in [0.2, 0.25) is 0 Å². The van der Waals surface area contributed by atoms with Crippen molar-refractivity contribution in [2.24, 2.45) is 0 Å². The van der Waals surface area contributed by atoms with E-state index in [0.717, 1.165) is 17.7 Å². The summed E-state index contributed by atoms with van der Waals surface area (Å²) in [6.45, 7) is 2.04. The maximum atomic E-state index is 10.3. The van der Waals surface area contributed by atoms with Crippen LogP contribution < -0.4 is 4.74 Å². The molecular weight excluding hydrogens is 562 g/mol. The molecule has 0 spiro atoms. The van der Waals surface area contributed by atoms with Crippen LogP contribution in [-0.4, -0.2) is 75.0 Å². The molecule has 42 heavy (non-hydrogen) atoms.